The van der Waals surface area contributed by atoms with Crippen LogP contribution in [0, 0.1) is 11.6 Å². The second kappa shape index (κ2) is 11.6. The van der Waals surface area contributed by atoms with Gasteiger partial charge in [-0.2, -0.15) is 0 Å². The number of nitrogens with zero attached hydrogens (tertiary/aromatic N) is 2. The van der Waals surface area contributed by atoms with Gasteiger partial charge in [-0.25, -0.2) is 8.78 Å². The van der Waals surface area contributed by atoms with Gasteiger partial charge in [-0.15, -0.1) is 0 Å². The molecule has 4 rings (SSSR count). The molecule has 186 valence electrons. The Labute approximate surface area is 204 Å². The molecule has 1 aromatic heterocycles. The number of likely N-dealkylation sites (tertiary alicyclic amines) is 1. The Kier molecular flexibility index (Phi) is 8.29. The van der Waals surface area contributed by atoms with Crippen LogP contribution in [0.15, 0.2) is 47.3 Å². The molecule has 0 spiro atoms. The van der Waals surface area contributed by atoms with Crippen LogP contribution >= 0.6 is 0 Å². The number of pyridine rings is 1. The number of halogens is 2. The molecular weight excluding hydrogens is 450 g/mol. The Bertz CT molecular complexity index is 1250. The lowest BCUT2D eigenvalue weighted by molar-refractivity contribution is -0.143. The Morgan fingerprint density at radius 1 is 1.03 bits per heavy atom. The summed E-state index contributed by atoms with van der Waals surface area (Å²) < 4.78 is 34.8. The van der Waals surface area contributed by atoms with E-state index in [4.69, 9.17) is 4.74 Å². The van der Waals surface area contributed by atoms with Gasteiger partial charge < -0.3 is 14.2 Å². The lowest BCUT2D eigenvalue weighted by Gasteiger charge is -2.18. The summed E-state index contributed by atoms with van der Waals surface area (Å²) in [6, 6.07) is 11.3. The monoisotopic (exact) mass is 482 g/mol. The Morgan fingerprint density at radius 3 is 2.60 bits per heavy atom. The third kappa shape index (κ3) is 6.14. The van der Waals surface area contributed by atoms with Gasteiger partial charge in [0.15, 0.2) is 17.1 Å². The molecule has 0 radical (unpaired) electrons. The van der Waals surface area contributed by atoms with Gasteiger partial charge in [0.1, 0.15) is 6.54 Å². The Balaban J connectivity index is 1.64. The molecule has 1 aliphatic heterocycles. The molecular formula is C28H32F2N2O3. The van der Waals surface area contributed by atoms with E-state index >= 15 is 0 Å². The molecule has 0 atom stereocenters. The van der Waals surface area contributed by atoms with E-state index in [1.807, 2.05) is 18.2 Å². The van der Waals surface area contributed by atoms with Gasteiger partial charge in [-0.3, -0.25) is 9.59 Å². The van der Waals surface area contributed by atoms with Crippen molar-refractivity contribution in [1.29, 1.82) is 0 Å². The number of esters is 1. The number of benzene rings is 2. The summed E-state index contributed by atoms with van der Waals surface area (Å²) in [5.41, 5.74) is 2.43. The number of aromatic nitrogens is 1. The molecule has 1 aliphatic rings. The summed E-state index contributed by atoms with van der Waals surface area (Å²) in [5.74, 6) is -2.19. The van der Waals surface area contributed by atoms with Gasteiger partial charge in [0.2, 0.25) is 0 Å². The lowest BCUT2D eigenvalue weighted by atomic mass is 10.0. The first-order valence-corrected chi connectivity index (χ1v) is 12.4. The molecule has 0 N–H and O–H groups in total. The number of aryl methyl sites for hydroxylation is 3. The van der Waals surface area contributed by atoms with Crippen LogP contribution in [0.5, 0.6) is 0 Å². The molecule has 5 nitrogen and oxygen atoms in total. The standard InChI is InChI=1S/C28H32F2N2O3/c1-2-35-27(34)19-32-22(12-11-21-8-5-9-24(29)28(21)30)18-26(33)23-13-10-20(17-25(23)32)7-6-16-31-14-3-4-15-31/h5,8-10,13,17-18H,2-4,6-7,11-12,14-16,19H2,1H3. The second-order valence-electron chi connectivity index (χ2n) is 9.11. The van der Waals surface area contributed by atoms with E-state index in [1.54, 1.807) is 11.5 Å². The van der Waals surface area contributed by atoms with E-state index in [0.717, 1.165) is 44.1 Å². The average molecular weight is 483 g/mol. The van der Waals surface area contributed by atoms with Crippen LogP contribution in [-0.2, 0) is 35.3 Å². The van der Waals surface area contributed by atoms with Crippen molar-refractivity contribution < 1.29 is 18.3 Å². The smallest absolute Gasteiger partial charge is 0.325 e. The van der Waals surface area contributed by atoms with Crippen molar-refractivity contribution in [2.45, 2.75) is 52.0 Å². The summed E-state index contributed by atoms with van der Waals surface area (Å²) in [5, 5.41) is 0.526. The van der Waals surface area contributed by atoms with Crippen molar-refractivity contribution in [2.24, 2.45) is 0 Å². The zero-order valence-corrected chi connectivity index (χ0v) is 20.2. The molecule has 0 bridgehead atoms. The van der Waals surface area contributed by atoms with Gasteiger partial charge >= 0.3 is 5.97 Å². The van der Waals surface area contributed by atoms with E-state index in [0.29, 0.717) is 16.6 Å². The fourth-order valence-corrected chi connectivity index (χ4v) is 4.87. The van der Waals surface area contributed by atoms with Gasteiger partial charge in [-0.1, -0.05) is 18.2 Å². The maximum absolute atomic E-state index is 14.2. The quantitative estimate of drug-likeness (QED) is 0.395. The number of carbonyl (C=O) groups excluding carboxylic acids is 1. The summed E-state index contributed by atoms with van der Waals surface area (Å²) in [6.45, 7) is 5.31. The Hall–Kier alpha value is -3.06. The minimum atomic E-state index is -0.900. The van der Waals surface area contributed by atoms with E-state index in [2.05, 4.69) is 4.90 Å². The number of hydrogen-bond acceptors (Lipinski definition) is 4. The largest absolute Gasteiger partial charge is 0.465 e. The highest BCUT2D eigenvalue weighted by Crippen LogP contribution is 2.20. The van der Waals surface area contributed by atoms with Crippen LogP contribution in [0.25, 0.3) is 10.9 Å². The van der Waals surface area contributed by atoms with E-state index in [1.165, 1.54) is 31.0 Å². The fourth-order valence-electron chi connectivity index (χ4n) is 4.87. The van der Waals surface area contributed by atoms with Gasteiger partial charge in [0.05, 0.1) is 12.1 Å². The molecule has 2 aromatic carbocycles. The molecule has 7 heteroatoms. The van der Waals surface area contributed by atoms with Crippen LogP contribution in [0.1, 0.15) is 43.0 Å². The highest BCUT2D eigenvalue weighted by Gasteiger charge is 2.16. The number of fused-ring (bicyclic) bond motifs is 1. The summed E-state index contributed by atoms with van der Waals surface area (Å²) >= 11 is 0. The van der Waals surface area contributed by atoms with Crippen LogP contribution < -0.4 is 5.43 Å². The predicted octanol–water partition coefficient (Wildman–Crippen LogP) is 4.66. The van der Waals surface area contributed by atoms with Gasteiger partial charge in [-0.05, 0) is 94.4 Å². The van der Waals surface area contributed by atoms with Crippen molar-refractivity contribution in [3.8, 4) is 0 Å². The van der Waals surface area contributed by atoms with Crippen molar-refractivity contribution >= 4 is 16.9 Å². The van der Waals surface area contributed by atoms with Crippen LogP contribution in [0.4, 0.5) is 8.78 Å². The third-order valence-electron chi connectivity index (χ3n) is 6.68. The fraction of sp³-hybridized carbons (Fsp3) is 0.429. The zero-order chi connectivity index (χ0) is 24.8. The molecule has 0 saturated carbocycles. The molecule has 0 amide bonds. The van der Waals surface area contributed by atoms with Crippen molar-refractivity contribution in [2.75, 3.05) is 26.2 Å². The normalized spacial score (nSPS) is 14.0. The minimum Gasteiger partial charge on any atom is -0.465 e. The molecule has 2 heterocycles. The van der Waals surface area contributed by atoms with Crippen LogP contribution in [-0.4, -0.2) is 41.7 Å². The molecule has 0 unspecified atom stereocenters. The molecule has 35 heavy (non-hydrogen) atoms. The number of hydrogen-bond donors (Lipinski definition) is 0. The first-order valence-electron chi connectivity index (χ1n) is 12.4. The average Bonchev–Trinajstić information content (AvgIpc) is 3.36. The van der Waals surface area contributed by atoms with Crippen LogP contribution in [0.3, 0.4) is 0 Å². The molecule has 0 aliphatic carbocycles. The zero-order valence-electron chi connectivity index (χ0n) is 20.2. The number of ether oxygens (including phenoxy) is 1. The van der Waals surface area contributed by atoms with E-state index in [-0.39, 0.29) is 37.0 Å². The minimum absolute atomic E-state index is 0.0528. The maximum Gasteiger partial charge on any atom is 0.325 e. The first kappa shape index (κ1) is 25.0. The number of rotatable bonds is 10. The summed E-state index contributed by atoms with van der Waals surface area (Å²) in [7, 11) is 0. The third-order valence-corrected chi connectivity index (χ3v) is 6.68. The maximum atomic E-state index is 14.2. The Morgan fingerprint density at radius 2 is 1.83 bits per heavy atom. The van der Waals surface area contributed by atoms with Crippen molar-refractivity contribution in [3.05, 3.63) is 81.1 Å². The van der Waals surface area contributed by atoms with Crippen molar-refractivity contribution in [3.63, 3.8) is 0 Å². The van der Waals surface area contributed by atoms with Crippen molar-refractivity contribution in [1.82, 2.24) is 9.47 Å². The van der Waals surface area contributed by atoms with E-state index in [9.17, 15) is 18.4 Å². The second-order valence-corrected chi connectivity index (χ2v) is 9.11. The number of carbonyl (C=O) groups is 1. The van der Waals surface area contributed by atoms with Gasteiger partial charge in [0.25, 0.3) is 0 Å². The SMILES string of the molecule is CCOC(=O)Cn1c(CCc2cccc(F)c2F)cc(=O)c2ccc(CCCN3CCCC3)cc21. The van der Waals surface area contributed by atoms with Gasteiger partial charge in [0, 0.05) is 17.1 Å². The molecule has 1 fully saturated rings. The highest BCUT2D eigenvalue weighted by atomic mass is 19.2. The highest BCUT2D eigenvalue weighted by molar-refractivity contribution is 5.82. The van der Waals surface area contributed by atoms with E-state index < -0.39 is 17.6 Å². The first-order chi connectivity index (χ1) is 17.0. The molecule has 3 aromatic rings. The summed E-state index contributed by atoms with van der Waals surface area (Å²) in [4.78, 5) is 27.8. The van der Waals surface area contributed by atoms with Crippen LogP contribution in [0.2, 0.25) is 0 Å². The lowest BCUT2D eigenvalue weighted by Crippen LogP contribution is -2.21. The molecule has 1 saturated heterocycles. The summed E-state index contributed by atoms with van der Waals surface area (Å²) in [6.07, 6.45) is 4.90. The predicted molar refractivity (Wildman–Crippen MR) is 133 cm³/mol. The topological polar surface area (TPSA) is 51.5 Å².